The molecule has 0 radical (unpaired) electrons. The van der Waals surface area contributed by atoms with Crippen LogP contribution in [0.1, 0.15) is 65.7 Å². The maximum absolute atomic E-state index is 11.5. The van der Waals surface area contributed by atoms with Gasteiger partial charge in [0.15, 0.2) is 0 Å². The Morgan fingerprint density at radius 1 is 1.25 bits per heavy atom. The van der Waals surface area contributed by atoms with Crippen molar-refractivity contribution in [3.8, 4) is 0 Å². The van der Waals surface area contributed by atoms with E-state index in [0.717, 1.165) is 18.8 Å². The van der Waals surface area contributed by atoms with Crippen LogP contribution in [0, 0.1) is 22.7 Å². The van der Waals surface area contributed by atoms with Crippen LogP contribution in [-0.2, 0) is 14.3 Å². The van der Waals surface area contributed by atoms with E-state index < -0.39 is 10.1 Å². The minimum atomic E-state index is -3.37. The van der Waals surface area contributed by atoms with Gasteiger partial charge < -0.3 is 0 Å². The van der Waals surface area contributed by atoms with E-state index in [1.54, 1.807) is 5.57 Å². The summed E-state index contributed by atoms with van der Waals surface area (Å²) in [6.07, 6.45) is 12.1. The fraction of sp³-hybridized carbons (Fsp3) is 0.895. The summed E-state index contributed by atoms with van der Waals surface area (Å²) in [6, 6.07) is 0. The second-order valence-corrected chi connectivity index (χ2v) is 13.4. The van der Waals surface area contributed by atoms with Gasteiger partial charge in [-0.05, 0) is 61.2 Å². The van der Waals surface area contributed by atoms with Gasteiger partial charge in [0.1, 0.15) is 0 Å². The molecule has 0 amide bonds. The Bertz CT molecular complexity index is 639. The molecule has 0 aliphatic heterocycles. The molecule has 0 saturated heterocycles. The Labute approximate surface area is 161 Å². The molecule has 3 nitrogen and oxygen atoms in total. The van der Waals surface area contributed by atoms with Gasteiger partial charge in [0.05, 0.1) is 12.9 Å². The molecule has 24 heavy (non-hydrogen) atoms. The molecule has 138 valence electrons. The van der Waals surface area contributed by atoms with Crippen LogP contribution in [-0.4, -0.2) is 24.7 Å². The SMILES string of the molecule is C[C@]1(I)CC=C2C(CCC3[C@](C)(COS(C)(=O)=O)CCC[C@@]23C)C1. The van der Waals surface area contributed by atoms with Crippen molar-refractivity contribution in [1.82, 2.24) is 0 Å². The number of rotatable bonds is 3. The van der Waals surface area contributed by atoms with Crippen molar-refractivity contribution in [2.24, 2.45) is 22.7 Å². The van der Waals surface area contributed by atoms with Crippen molar-refractivity contribution in [3.63, 3.8) is 0 Å². The molecule has 2 saturated carbocycles. The van der Waals surface area contributed by atoms with Gasteiger partial charge in [-0.3, -0.25) is 4.18 Å². The Kier molecular flexibility index (Phi) is 4.97. The molecule has 0 aromatic carbocycles. The van der Waals surface area contributed by atoms with E-state index in [9.17, 15) is 8.42 Å². The van der Waals surface area contributed by atoms with E-state index in [4.69, 9.17) is 4.18 Å². The van der Waals surface area contributed by atoms with Crippen LogP contribution in [0.15, 0.2) is 11.6 Å². The molecule has 0 aromatic rings. The summed E-state index contributed by atoms with van der Waals surface area (Å²) in [5.41, 5.74) is 1.87. The number of hydrogen-bond acceptors (Lipinski definition) is 3. The van der Waals surface area contributed by atoms with Crippen LogP contribution in [0.25, 0.3) is 0 Å². The van der Waals surface area contributed by atoms with Crippen molar-refractivity contribution in [2.45, 2.75) is 69.1 Å². The minimum absolute atomic E-state index is 0.0348. The predicted molar refractivity (Wildman–Crippen MR) is 107 cm³/mol. The molecule has 0 N–H and O–H groups in total. The lowest BCUT2D eigenvalue weighted by Gasteiger charge is -2.59. The Balaban J connectivity index is 1.89. The second kappa shape index (κ2) is 6.22. The van der Waals surface area contributed by atoms with Crippen molar-refractivity contribution >= 4 is 32.7 Å². The van der Waals surface area contributed by atoms with Crippen molar-refractivity contribution in [3.05, 3.63) is 11.6 Å². The number of halogens is 1. The molecular formula is C19H31IO3S. The van der Waals surface area contributed by atoms with E-state index in [1.807, 2.05) is 0 Å². The average Bonchev–Trinajstić information content (AvgIpc) is 2.43. The lowest BCUT2D eigenvalue weighted by Crippen LogP contribution is -2.51. The fourth-order valence-corrected chi connectivity index (χ4v) is 7.16. The van der Waals surface area contributed by atoms with Gasteiger partial charge in [-0.25, -0.2) is 0 Å². The summed E-state index contributed by atoms with van der Waals surface area (Å²) in [7, 11) is -3.37. The predicted octanol–water partition coefficient (Wildman–Crippen LogP) is 5.10. The smallest absolute Gasteiger partial charge is 0.264 e. The third kappa shape index (κ3) is 3.59. The summed E-state index contributed by atoms with van der Waals surface area (Å²) >= 11 is 2.63. The summed E-state index contributed by atoms with van der Waals surface area (Å²) in [5.74, 6) is 1.25. The Morgan fingerprint density at radius 3 is 2.62 bits per heavy atom. The van der Waals surface area contributed by atoms with Gasteiger partial charge in [0, 0.05) is 3.42 Å². The second-order valence-electron chi connectivity index (χ2n) is 9.20. The molecule has 2 fully saturated rings. The summed E-state index contributed by atoms with van der Waals surface area (Å²) < 4.78 is 28.7. The zero-order valence-electron chi connectivity index (χ0n) is 15.4. The van der Waals surface area contributed by atoms with E-state index in [1.165, 1.54) is 38.4 Å². The van der Waals surface area contributed by atoms with Gasteiger partial charge in [0.2, 0.25) is 0 Å². The lowest BCUT2D eigenvalue weighted by atomic mass is 9.47. The standard InChI is InChI=1S/C19H31IO3S/c1-17(13-23-24(4,21)22)9-5-10-19(3)15-8-11-18(2,20)12-14(15)6-7-16(17)19/h8,14,16H,5-7,9-13H2,1-4H3/t14?,16?,17-,18-,19-/m0/s1. The maximum Gasteiger partial charge on any atom is 0.264 e. The fourth-order valence-electron chi connectivity index (χ4n) is 5.93. The lowest BCUT2D eigenvalue weighted by molar-refractivity contribution is -0.0467. The van der Waals surface area contributed by atoms with Gasteiger partial charge in [-0.1, -0.05) is 61.4 Å². The van der Waals surface area contributed by atoms with Gasteiger partial charge >= 0.3 is 0 Å². The zero-order chi connectivity index (χ0) is 17.8. The Hall–Kier alpha value is 0.380. The van der Waals surface area contributed by atoms with E-state index in [0.29, 0.717) is 15.9 Å². The van der Waals surface area contributed by atoms with Crippen molar-refractivity contribution in [2.75, 3.05) is 12.9 Å². The normalized spacial score (nSPS) is 46.0. The molecule has 0 bridgehead atoms. The van der Waals surface area contributed by atoms with Crippen LogP contribution in [0.5, 0.6) is 0 Å². The van der Waals surface area contributed by atoms with E-state index in [2.05, 4.69) is 49.4 Å². The molecule has 3 aliphatic carbocycles. The monoisotopic (exact) mass is 466 g/mol. The summed E-state index contributed by atoms with van der Waals surface area (Å²) in [5, 5.41) is 0. The van der Waals surface area contributed by atoms with E-state index >= 15 is 0 Å². The molecule has 0 heterocycles. The quantitative estimate of drug-likeness (QED) is 0.252. The highest BCUT2D eigenvalue weighted by molar-refractivity contribution is 14.1. The van der Waals surface area contributed by atoms with Gasteiger partial charge in [0.25, 0.3) is 10.1 Å². The highest BCUT2D eigenvalue weighted by atomic mass is 127. The van der Waals surface area contributed by atoms with E-state index in [-0.39, 0.29) is 10.8 Å². The highest BCUT2D eigenvalue weighted by Crippen LogP contribution is 2.63. The third-order valence-corrected chi connectivity index (χ3v) is 8.41. The minimum Gasteiger partial charge on any atom is -0.270 e. The van der Waals surface area contributed by atoms with Crippen LogP contribution in [0.3, 0.4) is 0 Å². The van der Waals surface area contributed by atoms with Crippen LogP contribution in [0.2, 0.25) is 0 Å². The van der Waals surface area contributed by atoms with Gasteiger partial charge in [-0.15, -0.1) is 0 Å². The number of fused-ring (bicyclic) bond motifs is 3. The molecule has 2 unspecified atom stereocenters. The van der Waals surface area contributed by atoms with Crippen molar-refractivity contribution in [1.29, 1.82) is 0 Å². The van der Waals surface area contributed by atoms with Crippen LogP contribution < -0.4 is 0 Å². The summed E-state index contributed by atoms with van der Waals surface area (Å²) in [4.78, 5) is 0. The molecule has 5 atom stereocenters. The highest BCUT2D eigenvalue weighted by Gasteiger charge is 2.55. The number of allylic oxidation sites excluding steroid dienone is 2. The molecule has 3 rings (SSSR count). The summed E-state index contributed by atoms with van der Waals surface area (Å²) in [6.45, 7) is 7.42. The molecule has 3 aliphatic rings. The molecule has 5 heteroatoms. The van der Waals surface area contributed by atoms with Crippen LogP contribution >= 0.6 is 22.6 Å². The molecular weight excluding hydrogens is 435 g/mol. The number of alkyl halides is 1. The number of hydrogen-bond donors (Lipinski definition) is 0. The topological polar surface area (TPSA) is 43.4 Å². The van der Waals surface area contributed by atoms with Gasteiger partial charge in [-0.2, -0.15) is 8.42 Å². The maximum atomic E-state index is 11.5. The average molecular weight is 466 g/mol. The molecule has 0 aromatic heterocycles. The first-order valence-electron chi connectivity index (χ1n) is 9.19. The van der Waals surface area contributed by atoms with Crippen LogP contribution in [0.4, 0.5) is 0 Å². The first-order chi connectivity index (χ1) is 11.0. The Morgan fingerprint density at radius 2 is 1.96 bits per heavy atom. The van der Waals surface area contributed by atoms with Crippen molar-refractivity contribution < 1.29 is 12.6 Å². The molecule has 0 spiro atoms. The first-order valence-corrected chi connectivity index (χ1v) is 12.1. The largest absolute Gasteiger partial charge is 0.270 e. The first kappa shape index (κ1) is 19.2. The zero-order valence-corrected chi connectivity index (χ0v) is 18.4. The third-order valence-electron chi connectivity index (χ3n) is 6.98.